The van der Waals surface area contributed by atoms with Gasteiger partial charge in [-0.25, -0.2) is 4.68 Å². The lowest BCUT2D eigenvalue weighted by atomic mass is 9.91. The van der Waals surface area contributed by atoms with Gasteiger partial charge < -0.3 is 48.9 Å². The summed E-state index contributed by atoms with van der Waals surface area (Å²) in [5, 5.41) is 15.4. The third kappa shape index (κ3) is 20.5. The molecule has 2 heterocycles. The van der Waals surface area contributed by atoms with Crippen molar-refractivity contribution in [2.45, 2.75) is 131 Å². The molecule has 0 saturated heterocycles. The molecule has 2 N–H and O–H groups in total. The normalized spacial score (nSPS) is 16.9. The van der Waals surface area contributed by atoms with Crippen LogP contribution >= 0.6 is 0 Å². The van der Waals surface area contributed by atoms with E-state index in [4.69, 9.17) is 28.4 Å². The van der Waals surface area contributed by atoms with Gasteiger partial charge in [0.05, 0.1) is 51.9 Å². The number of aromatic nitrogens is 3. The molecule has 0 fully saturated rings. The van der Waals surface area contributed by atoms with Gasteiger partial charge in [0.25, 0.3) is 0 Å². The Balaban J connectivity index is 1.75. The Morgan fingerprint density at radius 2 is 1.44 bits per heavy atom. The maximum Gasteiger partial charge on any atom is 0.222 e. The molecule has 0 spiro atoms. The monoisotopic (exact) mass is 812 g/mol. The van der Waals surface area contributed by atoms with Crippen molar-refractivity contribution < 1.29 is 38.0 Å². The van der Waals surface area contributed by atoms with E-state index >= 15 is 0 Å². The fourth-order valence-corrected chi connectivity index (χ4v) is 6.60. The van der Waals surface area contributed by atoms with Gasteiger partial charge in [0.2, 0.25) is 11.8 Å². The van der Waals surface area contributed by atoms with E-state index in [0.717, 1.165) is 37.5 Å². The molecule has 0 saturated carbocycles. The number of fused-ring (bicyclic) bond motifs is 1. The molecule has 0 aromatic carbocycles. The van der Waals surface area contributed by atoms with Crippen LogP contribution in [0.1, 0.15) is 112 Å². The summed E-state index contributed by atoms with van der Waals surface area (Å²) in [5.41, 5.74) is 1.54. The van der Waals surface area contributed by atoms with Crippen LogP contribution in [-0.4, -0.2) is 161 Å². The molecule has 332 valence electrons. The van der Waals surface area contributed by atoms with Gasteiger partial charge in [0, 0.05) is 95.3 Å². The SMILES string of the molecule is CO[C@H]1CN(C(=O)CCCC(=O)NCCCOCCOCCOCCCNC(C)C)CCc2c(nnn2CC(C)(C)COCC(C)(C)CN(C)C(C)(C)C)[C@@H]1OC. The fourth-order valence-electron chi connectivity index (χ4n) is 6.60. The molecule has 2 atom stereocenters. The third-order valence-electron chi connectivity index (χ3n) is 10.1. The van der Waals surface area contributed by atoms with E-state index in [-0.39, 0.29) is 41.0 Å². The molecule has 0 unspecified atom stereocenters. The molecule has 15 nitrogen and oxygen atoms in total. The second-order valence-corrected chi connectivity index (χ2v) is 18.3. The highest BCUT2D eigenvalue weighted by molar-refractivity contribution is 5.79. The Labute approximate surface area is 344 Å². The molecule has 1 aromatic heterocycles. The van der Waals surface area contributed by atoms with Gasteiger partial charge in [0.1, 0.15) is 17.9 Å². The van der Waals surface area contributed by atoms with Crippen LogP contribution in [0.3, 0.4) is 0 Å². The number of ether oxygens (including phenoxy) is 6. The van der Waals surface area contributed by atoms with Crippen LogP contribution in [0.15, 0.2) is 0 Å². The zero-order chi connectivity index (χ0) is 42.5. The average Bonchev–Trinajstić information content (AvgIpc) is 3.48. The van der Waals surface area contributed by atoms with Gasteiger partial charge in [-0.3, -0.25) is 9.59 Å². The van der Waals surface area contributed by atoms with Gasteiger partial charge in [-0.05, 0) is 53.6 Å². The van der Waals surface area contributed by atoms with E-state index in [1.165, 1.54) is 0 Å². The first-order valence-electron chi connectivity index (χ1n) is 21.2. The molecule has 2 rings (SSSR count). The van der Waals surface area contributed by atoms with Crippen LogP contribution in [0.2, 0.25) is 0 Å². The second-order valence-electron chi connectivity index (χ2n) is 18.3. The molecule has 15 heteroatoms. The van der Waals surface area contributed by atoms with Crippen LogP contribution in [0.4, 0.5) is 0 Å². The highest BCUT2D eigenvalue weighted by Crippen LogP contribution is 2.30. The van der Waals surface area contributed by atoms with Gasteiger partial charge >= 0.3 is 0 Å². The van der Waals surface area contributed by atoms with Crippen molar-refractivity contribution in [2.75, 3.05) is 107 Å². The molecule has 0 aliphatic carbocycles. The molecule has 0 bridgehead atoms. The first-order chi connectivity index (χ1) is 26.9. The summed E-state index contributed by atoms with van der Waals surface area (Å²) in [6.45, 7) is 28.2. The van der Waals surface area contributed by atoms with Crippen molar-refractivity contribution in [2.24, 2.45) is 10.8 Å². The number of hydrogen-bond donors (Lipinski definition) is 2. The van der Waals surface area contributed by atoms with Crippen molar-refractivity contribution in [3.05, 3.63) is 11.4 Å². The van der Waals surface area contributed by atoms with Crippen molar-refractivity contribution in [3.63, 3.8) is 0 Å². The lowest BCUT2D eigenvalue weighted by molar-refractivity contribution is -0.135. The van der Waals surface area contributed by atoms with Crippen LogP contribution in [-0.2, 0) is 51.0 Å². The zero-order valence-corrected chi connectivity index (χ0v) is 37.9. The minimum atomic E-state index is -0.483. The Morgan fingerprint density at radius 1 is 0.825 bits per heavy atom. The number of hydrogen-bond acceptors (Lipinski definition) is 12. The van der Waals surface area contributed by atoms with E-state index in [0.29, 0.717) is 97.7 Å². The minimum absolute atomic E-state index is 0.00549. The highest BCUT2D eigenvalue weighted by atomic mass is 16.5. The minimum Gasteiger partial charge on any atom is -0.380 e. The summed E-state index contributed by atoms with van der Waals surface area (Å²) in [6.07, 6.45) is 2.36. The quantitative estimate of drug-likeness (QED) is 0.111. The van der Waals surface area contributed by atoms with Crippen LogP contribution < -0.4 is 10.6 Å². The smallest absolute Gasteiger partial charge is 0.222 e. The Kier molecular flexibility index (Phi) is 23.3. The number of amides is 2. The Morgan fingerprint density at radius 3 is 2.04 bits per heavy atom. The fraction of sp³-hybridized carbons (Fsp3) is 0.905. The van der Waals surface area contributed by atoms with Gasteiger partial charge in [-0.1, -0.05) is 46.8 Å². The summed E-state index contributed by atoms with van der Waals surface area (Å²) >= 11 is 0. The third-order valence-corrected chi connectivity index (χ3v) is 10.1. The molecular weight excluding hydrogens is 731 g/mol. The van der Waals surface area contributed by atoms with Crippen molar-refractivity contribution in [1.29, 1.82) is 0 Å². The van der Waals surface area contributed by atoms with Crippen molar-refractivity contribution in [1.82, 2.24) is 35.4 Å². The van der Waals surface area contributed by atoms with Crippen molar-refractivity contribution >= 4 is 11.8 Å². The number of nitrogens with one attached hydrogen (secondary N) is 2. The molecule has 1 aliphatic heterocycles. The number of carbonyl (C=O) groups is 2. The first kappa shape index (κ1) is 50.9. The Bertz CT molecular complexity index is 1270. The van der Waals surface area contributed by atoms with Gasteiger partial charge in [-0.2, -0.15) is 0 Å². The lowest BCUT2D eigenvalue weighted by Crippen LogP contribution is -2.45. The van der Waals surface area contributed by atoms with Crippen LogP contribution in [0, 0.1) is 10.8 Å². The number of rotatable bonds is 29. The average molecular weight is 812 g/mol. The summed E-state index contributed by atoms with van der Waals surface area (Å²) < 4.78 is 36.8. The zero-order valence-electron chi connectivity index (χ0n) is 37.9. The second kappa shape index (κ2) is 26.1. The molecule has 1 aromatic rings. The van der Waals surface area contributed by atoms with E-state index in [2.05, 4.69) is 95.2 Å². The number of methoxy groups -OCH3 is 2. The molecule has 0 radical (unpaired) electrons. The molecule has 57 heavy (non-hydrogen) atoms. The number of nitrogens with zero attached hydrogens (tertiary/aromatic N) is 5. The summed E-state index contributed by atoms with van der Waals surface area (Å²) in [5.74, 6) is -0.0863. The van der Waals surface area contributed by atoms with Crippen LogP contribution in [0.5, 0.6) is 0 Å². The van der Waals surface area contributed by atoms with Crippen molar-refractivity contribution in [3.8, 4) is 0 Å². The van der Waals surface area contributed by atoms with Crippen LogP contribution in [0.25, 0.3) is 0 Å². The maximum atomic E-state index is 13.5. The maximum absolute atomic E-state index is 13.5. The molecule has 1 aliphatic rings. The van der Waals surface area contributed by atoms with E-state index in [9.17, 15) is 9.59 Å². The topological polar surface area (TPSA) is 151 Å². The van der Waals surface area contributed by atoms with E-state index < -0.39 is 12.2 Å². The van der Waals surface area contributed by atoms with Gasteiger partial charge in [-0.15, -0.1) is 5.10 Å². The summed E-state index contributed by atoms with van der Waals surface area (Å²) in [4.78, 5) is 30.2. The molecule has 2 amide bonds. The van der Waals surface area contributed by atoms with E-state index in [1.54, 1.807) is 14.2 Å². The van der Waals surface area contributed by atoms with E-state index in [1.807, 2.05) is 9.58 Å². The predicted octanol–water partition coefficient (Wildman–Crippen LogP) is 4.28. The largest absolute Gasteiger partial charge is 0.380 e. The number of carbonyl (C=O) groups excluding carboxylic acids is 2. The Hall–Kier alpha value is -2.24. The predicted molar refractivity (Wildman–Crippen MR) is 223 cm³/mol. The highest BCUT2D eigenvalue weighted by Gasteiger charge is 2.36. The molecular formula is C42H81N7O8. The van der Waals surface area contributed by atoms with Gasteiger partial charge in [0.15, 0.2) is 0 Å². The summed E-state index contributed by atoms with van der Waals surface area (Å²) in [7, 11) is 5.42. The lowest BCUT2D eigenvalue weighted by Gasteiger charge is -2.38. The standard InChI is InChI=1S/C42H81N7O8/c1-33(2)43-19-14-22-54-24-26-56-27-25-55-23-15-20-44-36(50)16-13-17-37(51)48-21-18-34-38(39(53-12)35(28-48)52-11)45-46-49(34)30-42(8,9)32-57-31-41(6,7)29-47(10)40(3,4)5/h33,35,39,43H,13-32H2,1-12H3,(H,44,50)/t35-,39+/m0/s1. The summed E-state index contributed by atoms with van der Waals surface area (Å²) in [6, 6.07) is 0.496. The first-order valence-corrected chi connectivity index (χ1v) is 21.2.